The number of nitrogens with two attached hydrogens (primary N) is 1. The van der Waals surface area contributed by atoms with Gasteiger partial charge in [-0.05, 0) is 37.3 Å². The number of amides is 3. The molecule has 11 heteroatoms. The van der Waals surface area contributed by atoms with Crippen molar-refractivity contribution < 1.29 is 29.4 Å². The number of aromatic nitrogens is 1. The molecule has 7 N–H and O–H groups in total. The van der Waals surface area contributed by atoms with Crippen LogP contribution in [-0.4, -0.2) is 80.6 Å². The summed E-state index contributed by atoms with van der Waals surface area (Å²) in [5.41, 5.74) is 7.48. The molecule has 1 saturated heterocycles. The van der Waals surface area contributed by atoms with Crippen LogP contribution in [0.4, 0.5) is 0 Å². The van der Waals surface area contributed by atoms with Crippen LogP contribution in [0.1, 0.15) is 45.6 Å². The minimum absolute atomic E-state index is 0.135. The van der Waals surface area contributed by atoms with E-state index in [-0.39, 0.29) is 12.3 Å². The second-order valence-corrected chi connectivity index (χ2v) is 9.79. The number of carboxylic acid groups (broad SMARTS) is 1. The lowest BCUT2D eigenvalue weighted by atomic mass is 9.98. The number of fused-ring (bicyclic) bond motifs is 1. The van der Waals surface area contributed by atoms with E-state index in [0.717, 1.165) is 16.5 Å². The highest BCUT2D eigenvalue weighted by Gasteiger charge is 2.40. The minimum atomic E-state index is -1.23. The third-order valence-corrected chi connectivity index (χ3v) is 7.15. The first-order chi connectivity index (χ1) is 17.5. The summed E-state index contributed by atoms with van der Waals surface area (Å²) < 4.78 is 0. The zero-order valence-corrected chi connectivity index (χ0v) is 21.4. The predicted octanol–water partition coefficient (Wildman–Crippen LogP) is 0.510. The highest BCUT2D eigenvalue weighted by atomic mass is 16.4. The monoisotopic (exact) mass is 515 g/mol. The van der Waals surface area contributed by atoms with Gasteiger partial charge < -0.3 is 36.5 Å². The lowest BCUT2D eigenvalue weighted by Gasteiger charge is -2.30. The maximum Gasteiger partial charge on any atom is 0.326 e. The lowest BCUT2D eigenvalue weighted by Crippen LogP contribution is -2.58. The molecule has 0 aliphatic carbocycles. The summed E-state index contributed by atoms with van der Waals surface area (Å²) in [6, 6.07) is 3.35. The van der Waals surface area contributed by atoms with Crippen LogP contribution >= 0.6 is 0 Å². The van der Waals surface area contributed by atoms with Gasteiger partial charge in [-0.2, -0.15) is 0 Å². The van der Waals surface area contributed by atoms with Crippen molar-refractivity contribution in [3.8, 4) is 0 Å². The van der Waals surface area contributed by atoms with Gasteiger partial charge in [0.1, 0.15) is 24.2 Å². The molecule has 0 bridgehead atoms. The number of hydrogen-bond donors (Lipinski definition) is 6. The molecule has 202 valence electrons. The van der Waals surface area contributed by atoms with Crippen molar-refractivity contribution in [3.05, 3.63) is 36.0 Å². The molecule has 1 fully saturated rings. The van der Waals surface area contributed by atoms with Crippen molar-refractivity contribution in [1.82, 2.24) is 20.5 Å². The SMILES string of the molecule is CCC(C)C(NC(=O)C1CCCN1C(=O)C(Cc1c[nH]c2ccccc12)NC(=O)C(N)C(C)O)C(=O)O. The van der Waals surface area contributed by atoms with Crippen LogP contribution in [-0.2, 0) is 25.6 Å². The fraction of sp³-hybridized carbons (Fsp3) is 0.538. The number of aliphatic carboxylic acids is 1. The molecule has 37 heavy (non-hydrogen) atoms. The average Bonchev–Trinajstić information content (AvgIpc) is 3.52. The summed E-state index contributed by atoms with van der Waals surface area (Å²) in [6.45, 7) is 5.27. The van der Waals surface area contributed by atoms with Gasteiger partial charge in [0.2, 0.25) is 17.7 Å². The molecule has 0 spiro atoms. The summed E-state index contributed by atoms with van der Waals surface area (Å²) in [6.07, 6.45) is 2.28. The third kappa shape index (κ3) is 6.47. The molecule has 3 amide bonds. The molecule has 0 radical (unpaired) electrons. The van der Waals surface area contributed by atoms with Crippen LogP contribution < -0.4 is 16.4 Å². The van der Waals surface area contributed by atoms with Crippen molar-refractivity contribution in [2.45, 2.75) is 76.7 Å². The van der Waals surface area contributed by atoms with Gasteiger partial charge in [0, 0.05) is 30.1 Å². The molecule has 0 saturated carbocycles. The van der Waals surface area contributed by atoms with E-state index >= 15 is 0 Å². The Hall–Kier alpha value is -3.44. The summed E-state index contributed by atoms with van der Waals surface area (Å²) >= 11 is 0. The van der Waals surface area contributed by atoms with Gasteiger partial charge in [-0.25, -0.2) is 4.79 Å². The van der Waals surface area contributed by atoms with Gasteiger partial charge in [-0.3, -0.25) is 14.4 Å². The Labute approximate surface area is 215 Å². The van der Waals surface area contributed by atoms with Crippen molar-refractivity contribution in [3.63, 3.8) is 0 Å². The number of nitrogens with one attached hydrogen (secondary N) is 3. The first kappa shape index (κ1) is 28.1. The van der Waals surface area contributed by atoms with Crippen LogP contribution in [0.5, 0.6) is 0 Å². The van der Waals surface area contributed by atoms with E-state index in [1.54, 1.807) is 13.1 Å². The third-order valence-electron chi connectivity index (χ3n) is 7.15. The Morgan fingerprint density at radius 1 is 1.19 bits per heavy atom. The first-order valence-corrected chi connectivity index (χ1v) is 12.7. The molecule has 2 aromatic rings. The maximum absolute atomic E-state index is 13.8. The fourth-order valence-corrected chi connectivity index (χ4v) is 4.64. The number of carbonyl (C=O) groups is 4. The van der Waals surface area contributed by atoms with E-state index in [2.05, 4.69) is 15.6 Å². The Morgan fingerprint density at radius 2 is 1.89 bits per heavy atom. The van der Waals surface area contributed by atoms with Crippen molar-refractivity contribution >= 4 is 34.6 Å². The van der Waals surface area contributed by atoms with Crippen LogP contribution in [0, 0.1) is 5.92 Å². The Balaban J connectivity index is 1.85. The standard InChI is InChI=1S/C26H37N5O6/c1-4-14(2)22(26(36)37)30-23(33)20-10-7-11-31(20)25(35)19(29-24(34)21(27)15(3)32)12-16-13-28-18-9-6-5-8-17(16)18/h5-6,8-9,13-15,19-22,28,32H,4,7,10-12,27H2,1-3H3,(H,29,34)(H,30,33)(H,36,37). The molecule has 11 nitrogen and oxygen atoms in total. The molecule has 1 aromatic carbocycles. The van der Waals surface area contributed by atoms with Crippen LogP contribution in [0.25, 0.3) is 10.9 Å². The Morgan fingerprint density at radius 3 is 2.54 bits per heavy atom. The normalized spacial score (nSPS) is 19.6. The number of aromatic amines is 1. The van der Waals surface area contributed by atoms with Gasteiger partial charge in [0.25, 0.3) is 0 Å². The number of likely N-dealkylation sites (tertiary alicyclic amines) is 1. The number of aliphatic hydroxyl groups excluding tert-OH is 1. The highest BCUT2D eigenvalue weighted by molar-refractivity contribution is 5.95. The number of benzene rings is 1. The van der Waals surface area contributed by atoms with Gasteiger partial charge in [-0.15, -0.1) is 0 Å². The van der Waals surface area contributed by atoms with E-state index in [0.29, 0.717) is 25.8 Å². The van der Waals surface area contributed by atoms with Crippen molar-refractivity contribution in [2.75, 3.05) is 6.54 Å². The maximum atomic E-state index is 13.8. The van der Waals surface area contributed by atoms with Crippen LogP contribution in [0.15, 0.2) is 30.5 Å². The number of carbonyl (C=O) groups excluding carboxylic acids is 3. The van der Waals surface area contributed by atoms with Crippen LogP contribution in [0.3, 0.4) is 0 Å². The molecule has 2 heterocycles. The van der Waals surface area contributed by atoms with E-state index < -0.39 is 54.0 Å². The Bertz CT molecular complexity index is 1130. The minimum Gasteiger partial charge on any atom is -0.480 e. The average molecular weight is 516 g/mol. The second-order valence-electron chi connectivity index (χ2n) is 9.79. The molecule has 3 rings (SSSR count). The molecule has 1 aromatic heterocycles. The van der Waals surface area contributed by atoms with Gasteiger partial charge in [0.05, 0.1) is 6.10 Å². The number of rotatable bonds is 11. The molecule has 6 unspecified atom stereocenters. The van der Waals surface area contributed by atoms with E-state index in [4.69, 9.17) is 5.73 Å². The number of carboxylic acids is 1. The second kappa shape index (κ2) is 12.2. The number of H-pyrrole nitrogens is 1. The number of hydrogen-bond acceptors (Lipinski definition) is 6. The molecule has 1 aliphatic heterocycles. The molecular formula is C26H37N5O6. The number of nitrogens with zero attached hydrogens (tertiary/aromatic N) is 1. The molecule has 6 atom stereocenters. The van der Waals surface area contributed by atoms with E-state index in [1.807, 2.05) is 31.2 Å². The van der Waals surface area contributed by atoms with Gasteiger partial charge in [-0.1, -0.05) is 38.5 Å². The zero-order chi connectivity index (χ0) is 27.3. The van der Waals surface area contributed by atoms with Crippen LogP contribution in [0.2, 0.25) is 0 Å². The predicted molar refractivity (Wildman–Crippen MR) is 137 cm³/mol. The topological polar surface area (TPSA) is 178 Å². The summed E-state index contributed by atoms with van der Waals surface area (Å²) in [7, 11) is 0. The van der Waals surface area contributed by atoms with Crippen molar-refractivity contribution in [1.29, 1.82) is 0 Å². The Kier molecular flexibility index (Phi) is 9.28. The van der Waals surface area contributed by atoms with E-state index in [1.165, 1.54) is 11.8 Å². The summed E-state index contributed by atoms with van der Waals surface area (Å²) in [5, 5.41) is 25.5. The van der Waals surface area contributed by atoms with Crippen molar-refractivity contribution in [2.24, 2.45) is 11.7 Å². The summed E-state index contributed by atoms with van der Waals surface area (Å²) in [4.78, 5) is 55.9. The number of para-hydroxylation sites is 1. The van der Waals surface area contributed by atoms with Gasteiger partial charge >= 0.3 is 5.97 Å². The largest absolute Gasteiger partial charge is 0.480 e. The van der Waals surface area contributed by atoms with E-state index in [9.17, 15) is 29.4 Å². The zero-order valence-electron chi connectivity index (χ0n) is 21.4. The highest BCUT2D eigenvalue weighted by Crippen LogP contribution is 2.23. The number of aliphatic hydroxyl groups is 1. The first-order valence-electron chi connectivity index (χ1n) is 12.7. The quantitative estimate of drug-likeness (QED) is 0.252. The lowest BCUT2D eigenvalue weighted by molar-refractivity contribution is -0.146. The molecule has 1 aliphatic rings. The summed E-state index contributed by atoms with van der Waals surface area (Å²) in [5.74, 6) is -3.10. The van der Waals surface area contributed by atoms with Gasteiger partial charge in [0.15, 0.2) is 0 Å². The smallest absolute Gasteiger partial charge is 0.326 e. The molecular weight excluding hydrogens is 478 g/mol. The fourth-order valence-electron chi connectivity index (χ4n) is 4.64.